The van der Waals surface area contributed by atoms with Gasteiger partial charge in [0, 0.05) is 6.54 Å². The second kappa shape index (κ2) is 7.00. The third-order valence-electron chi connectivity index (χ3n) is 5.50. The number of nitrogens with zero attached hydrogens (tertiary/aromatic N) is 1. The van der Waals surface area contributed by atoms with Crippen LogP contribution in [0.15, 0.2) is 48.5 Å². The first-order valence-electron chi connectivity index (χ1n) is 9.07. The number of para-hydroxylation sites is 2. The first-order valence-corrected chi connectivity index (χ1v) is 9.07. The highest BCUT2D eigenvalue weighted by Gasteiger charge is 2.44. The Labute approximate surface area is 153 Å². The lowest BCUT2D eigenvalue weighted by Gasteiger charge is -2.39. The molecule has 2 heterocycles. The third kappa shape index (κ3) is 3.27. The van der Waals surface area contributed by atoms with E-state index in [9.17, 15) is 4.79 Å². The van der Waals surface area contributed by atoms with Gasteiger partial charge in [0.05, 0.1) is 18.2 Å². The van der Waals surface area contributed by atoms with Crippen LogP contribution in [-0.2, 0) is 11.3 Å². The van der Waals surface area contributed by atoms with Crippen molar-refractivity contribution < 1.29 is 14.3 Å². The fraction of sp³-hybridized carbons (Fsp3) is 0.381. The van der Waals surface area contributed by atoms with Gasteiger partial charge in [0.25, 0.3) is 0 Å². The predicted molar refractivity (Wildman–Crippen MR) is 101 cm³/mol. The molecule has 2 aliphatic heterocycles. The van der Waals surface area contributed by atoms with Gasteiger partial charge in [0.1, 0.15) is 18.1 Å². The van der Waals surface area contributed by atoms with Gasteiger partial charge < -0.3 is 14.8 Å². The molecule has 1 amide bonds. The second-order valence-electron chi connectivity index (χ2n) is 7.14. The number of hydrogen-bond donors (Lipinski definition) is 1. The molecule has 2 aromatic rings. The number of nitrogens with one attached hydrogen (secondary N) is 1. The van der Waals surface area contributed by atoms with Crippen molar-refractivity contribution in [2.75, 3.05) is 32.1 Å². The number of fused-ring (bicyclic) bond motifs is 1. The van der Waals surface area contributed by atoms with Gasteiger partial charge >= 0.3 is 0 Å². The highest BCUT2D eigenvalue weighted by molar-refractivity contribution is 5.97. The van der Waals surface area contributed by atoms with Crippen LogP contribution in [0.4, 0.5) is 5.69 Å². The van der Waals surface area contributed by atoms with Crippen LogP contribution in [0.3, 0.4) is 0 Å². The number of carbonyl (C=O) groups is 1. The molecule has 0 aliphatic carbocycles. The molecule has 5 heteroatoms. The van der Waals surface area contributed by atoms with Gasteiger partial charge in [-0.05, 0) is 55.8 Å². The number of rotatable bonds is 3. The van der Waals surface area contributed by atoms with E-state index >= 15 is 0 Å². The fourth-order valence-electron chi connectivity index (χ4n) is 3.73. The molecule has 136 valence electrons. The van der Waals surface area contributed by atoms with Gasteiger partial charge in [0.15, 0.2) is 0 Å². The maximum atomic E-state index is 12.9. The molecule has 0 unspecified atom stereocenters. The molecule has 0 atom stereocenters. The molecule has 1 spiro atoms. The van der Waals surface area contributed by atoms with E-state index in [-0.39, 0.29) is 5.91 Å². The Balaban J connectivity index is 1.40. The zero-order valence-corrected chi connectivity index (χ0v) is 15.0. The average Bonchev–Trinajstić information content (AvgIpc) is 2.82. The van der Waals surface area contributed by atoms with Crippen molar-refractivity contribution in [2.24, 2.45) is 5.41 Å². The molecule has 2 aliphatic rings. The van der Waals surface area contributed by atoms with E-state index < -0.39 is 5.41 Å². The number of hydrogen-bond acceptors (Lipinski definition) is 4. The summed E-state index contributed by atoms with van der Waals surface area (Å²) in [5.41, 5.74) is 1.60. The molecule has 1 fully saturated rings. The summed E-state index contributed by atoms with van der Waals surface area (Å²) >= 11 is 0. The summed E-state index contributed by atoms with van der Waals surface area (Å²) in [7, 11) is 1.68. The van der Waals surface area contributed by atoms with Crippen LogP contribution in [0.25, 0.3) is 0 Å². The maximum absolute atomic E-state index is 12.9. The summed E-state index contributed by atoms with van der Waals surface area (Å²) in [6, 6.07) is 15.8. The number of methoxy groups -OCH3 is 1. The van der Waals surface area contributed by atoms with E-state index in [0.717, 1.165) is 49.7 Å². The molecule has 5 nitrogen and oxygen atoms in total. The Hall–Kier alpha value is -2.53. The Morgan fingerprint density at radius 2 is 1.85 bits per heavy atom. The topological polar surface area (TPSA) is 50.8 Å². The van der Waals surface area contributed by atoms with Crippen molar-refractivity contribution in [1.29, 1.82) is 0 Å². The molecular formula is C21H24N2O3. The standard InChI is InChI=1S/C21H24N2O3/c1-25-17-8-6-16(7-9-17)14-23-12-10-21(11-13-23)15-26-19-5-3-2-4-18(19)22-20(21)24/h2-9H,10-15H2,1H3,(H,22,24). The highest BCUT2D eigenvalue weighted by Crippen LogP contribution is 2.38. The number of amides is 1. The lowest BCUT2D eigenvalue weighted by atomic mass is 9.78. The highest BCUT2D eigenvalue weighted by atomic mass is 16.5. The number of anilines is 1. The van der Waals surface area contributed by atoms with Gasteiger partial charge in [-0.25, -0.2) is 0 Å². The molecule has 4 rings (SSSR count). The minimum atomic E-state index is -0.435. The summed E-state index contributed by atoms with van der Waals surface area (Å²) in [4.78, 5) is 15.3. The molecule has 1 saturated heterocycles. The maximum Gasteiger partial charge on any atom is 0.234 e. The molecule has 2 aromatic carbocycles. The minimum absolute atomic E-state index is 0.0894. The largest absolute Gasteiger partial charge is 0.497 e. The number of likely N-dealkylation sites (tertiary alicyclic amines) is 1. The SMILES string of the molecule is COc1ccc(CN2CCC3(CC2)COc2ccccc2NC3=O)cc1. The molecule has 1 N–H and O–H groups in total. The zero-order chi connectivity index (χ0) is 18.0. The van der Waals surface area contributed by atoms with Gasteiger partial charge in [0.2, 0.25) is 5.91 Å². The van der Waals surface area contributed by atoms with E-state index in [1.807, 2.05) is 36.4 Å². The monoisotopic (exact) mass is 352 g/mol. The van der Waals surface area contributed by atoms with E-state index in [4.69, 9.17) is 9.47 Å². The average molecular weight is 352 g/mol. The van der Waals surface area contributed by atoms with Crippen LogP contribution in [-0.4, -0.2) is 37.6 Å². The van der Waals surface area contributed by atoms with Crippen LogP contribution >= 0.6 is 0 Å². The smallest absolute Gasteiger partial charge is 0.234 e. The third-order valence-corrected chi connectivity index (χ3v) is 5.50. The molecule has 0 radical (unpaired) electrons. The summed E-state index contributed by atoms with van der Waals surface area (Å²) in [6.45, 7) is 3.12. The van der Waals surface area contributed by atoms with Crippen molar-refractivity contribution in [1.82, 2.24) is 4.90 Å². The first-order chi connectivity index (χ1) is 12.7. The van der Waals surface area contributed by atoms with Gasteiger partial charge in [-0.15, -0.1) is 0 Å². The lowest BCUT2D eigenvalue weighted by Crippen LogP contribution is -2.48. The van der Waals surface area contributed by atoms with Gasteiger partial charge in [-0.3, -0.25) is 9.69 Å². The number of piperidine rings is 1. The number of carbonyl (C=O) groups excluding carboxylic acids is 1. The second-order valence-corrected chi connectivity index (χ2v) is 7.14. The van der Waals surface area contributed by atoms with Gasteiger partial charge in [-0.1, -0.05) is 24.3 Å². The quantitative estimate of drug-likeness (QED) is 0.921. The molecule has 26 heavy (non-hydrogen) atoms. The molecular weight excluding hydrogens is 328 g/mol. The van der Waals surface area contributed by atoms with Crippen molar-refractivity contribution in [2.45, 2.75) is 19.4 Å². The molecule has 0 saturated carbocycles. The van der Waals surface area contributed by atoms with Crippen LogP contribution in [0.2, 0.25) is 0 Å². The van der Waals surface area contributed by atoms with Crippen LogP contribution < -0.4 is 14.8 Å². The molecule has 0 aromatic heterocycles. The normalized spacial score (nSPS) is 19.2. The van der Waals surface area contributed by atoms with Crippen LogP contribution in [0, 0.1) is 5.41 Å². The predicted octanol–water partition coefficient (Wildman–Crippen LogP) is 3.31. The first kappa shape index (κ1) is 16.9. The van der Waals surface area contributed by atoms with Crippen LogP contribution in [0.1, 0.15) is 18.4 Å². The Morgan fingerprint density at radius 3 is 2.58 bits per heavy atom. The van der Waals surface area contributed by atoms with Crippen molar-refractivity contribution in [3.8, 4) is 11.5 Å². The van der Waals surface area contributed by atoms with Crippen molar-refractivity contribution >= 4 is 11.6 Å². The van der Waals surface area contributed by atoms with E-state index in [1.165, 1.54) is 5.56 Å². The van der Waals surface area contributed by atoms with Crippen molar-refractivity contribution in [3.05, 3.63) is 54.1 Å². The fourth-order valence-corrected chi connectivity index (χ4v) is 3.73. The van der Waals surface area contributed by atoms with E-state index in [2.05, 4.69) is 22.3 Å². The van der Waals surface area contributed by atoms with Crippen LogP contribution in [0.5, 0.6) is 11.5 Å². The minimum Gasteiger partial charge on any atom is -0.497 e. The van der Waals surface area contributed by atoms with Crippen molar-refractivity contribution in [3.63, 3.8) is 0 Å². The van der Waals surface area contributed by atoms with E-state index in [1.54, 1.807) is 7.11 Å². The lowest BCUT2D eigenvalue weighted by molar-refractivity contribution is -0.130. The summed E-state index contributed by atoms with van der Waals surface area (Å²) in [5, 5.41) is 3.06. The van der Waals surface area contributed by atoms with Gasteiger partial charge in [-0.2, -0.15) is 0 Å². The Kier molecular flexibility index (Phi) is 4.55. The Morgan fingerprint density at radius 1 is 1.12 bits per heavy atom. The number of benzene rings is 2. The number of ether oxygens (including phenoxy) is 2. The summed E-state index contributed by atoms with van der Waals surface area (Å²) in [5.74, 6) is 1.73. The summed E-state index contributed by atoms with van der Waals surface area (Å²) < 4.78 is 11.2. The summed E-state index contributed by atoms with van der Waals surface area (Å²) in [6.07, 6.45) is 1.62. The zero-order valence-electron chi connectivity index (χ0n) is 15.0. The molecule has 0 bridgehead atoms. The van der Waals surface area contributed by atoms with E-state index in [0.29, 0.717) is 6.61 Å². The Bertz CT molecular complexity index is 780.